The summed E-state index contributed by atoms with van der Waals surface area (Å²) < 4.78 is 0. The topological polar surface area (TPSA) is 253 Å². The van der Waals surface area contributed by atoms with Crippen molar-refractivity contribution in [1.29, 1.82) is 0 Å². The lowest BCUT2D eigenvalue weighted by Crippen LogP contribution is -2.58. The van der Waals surface area contributed by atoms with Crippen molar-refractivity contribution in [3.63, 3.8) is 0 Å². The summed E-state index contributed by atoms with van der Waals surface area (Å²) in [5.41, 5.74) is 17.1. The van der Waals surface area contributed by atoms with Gasteiger partial charge in [-0.15, -0.1) is 0 Å². The average molecular weight is 602 g/mol. The van der Waals surface area contributed by atoms with E-state index >= 15 is 0 Å². The molecule has 11 N–H and O–H groups in total. The van der Waals surface area contributed by atoms with Gasteiger partial charge in [-0.1, -0.05) is 30.3 Å². The third-order valence-corrected chi connectivity index (χ3v) is 6.64. The number of nitrogens with two attached hydrogens (primary N) is 3. The van der Waals surface area contributed by atoms with Crippen LogP contribution in [-0.2, 0) is 35.2 Å². The molecule has 0 radical (unpaired) electrons. The largest absolute Gasteiger partial charge is 0.370 e. The molecule has 15 nitrogen and oxygen atoms in total. The zero-order valence-corrected chi connectivity index (χ0v) is 24.4. The minimum Gasteiger partial charge on any atom is -0.370 e. The molecule has 0 spiro atoms. The van der Waals surface area contributed by atoms with Gasteiger partial charge in [0.25, 0.3) is 0 Å². The number of nitrogens with one attached hydrogen (secondary N) is 5. The van der Waals surface area contributed by atoms with Gasteiger partial charge in [0.1, 0.15) is 30.0 Å². The fourth-order valence-corrected chi connectivity index (χ4v) is 4.44. The number of carbonyl (C=O) groups excluding carboxylic acids is 6. The summed E-state index contributed by atoms with van der Waals surface area (Å²) in [6.07, 6.45) is 1.51. The second kappa shape index (κ2) is 18.1. The van der Waals surface area contributed by atoms with E-state index in [4.69, 9.17) is 17.2 Å². The molecular weight excluding hydrogens is 558 g/mol. The van der Waals surface area contributed by atoms with Crippen LogP contribution in [0.3, 0.4) is 0 Å². The van der Waals surface area contributed by atoms with Crippen LogP contribution in [0.2, 0.25) is 0 Å². The Kier molecular flexibility index (Phi) is 14.6. The second-order valence-electron chi connectivity index (χ2n) is 10.4. The Morgan fingerprint density at radius 3 is 2.00 bits per heavy atom. The molecule has 1 aromatic rings. The van der Waals surface area contributed by atoms with E-state index in [0.717, 1.165) is 5.56 Å². The van der Waals surface area contributed by atoms with Crippen molar-refractivity contribution < 1.29 is 28.8 Å². The summed E-state index contributed by atoms with van der Waals surface area (Å²) >= 11 is 0. The van der Waals surface area contributed by atoms with Gasteiger partial charge in [0, 0.05) is 19.4 Å². The van der Waals surface area contributed by atoms with Gasteiger partial charge in [-0.25, -0.2) is 0 Å². The Labute approximate surface area is 250 Å². The quantitative estimate of drug-likeness (QED) is 0.0712. The number of benzene rings is 1. The molecule has 15 heteroatoms. The number of hydrogen-bond acceptors (Lipinski definition) is 8. The second-order valence-corrected chi connectivity index (χ2v) is 10.4. The molecular formula is C28H43N9O6. The minimum atomic E-state index is -1.30. The van der Waals surface area contributed by atoms with Gasteiger partial charge in [-0.2, -0.15) is 0 Å². The molecule has 0 aliphatic carbocycles. The van der Waals surface area contributed by atoms with Crippen LogP contribution < -0.4 is 43.8 Å². The predicted octanol–water partition coefficient (Wildman–Crippen LogP) is -2.54. The molecule has 1 aromatic carbocycles. The molecule has 236 valence electrons. The highest BCUT2D eigenvalue weighted by atomic mass is 16.2. The molecule has 1 fully saturated rings. The first-order valence-electron chi connectivity index (χ1n) is 14.3. The smallest absolute Gasteiger partial charge is 0.243 e. The monoisotopic (exact) mass is 601 g/mol. The van der Waals surface area contributed by atoms with E-state index in [1.807, 2.05) is 0 Å². The first kappa shape index (κ1) is 34.7. The predicted molar refractivity (Wildman–Crippen MR) is 159 cm³/mol. The standard InChI is InChI=1S/C28H43N9O6/c1-17(38)14-21-26(42)37-22(15-18-8-3-2-4-9-18)27(43)36-20(10-5-6-12-29)25(41)35-19(11-7-13-32-28(30)31)24(40)33-16-23(39)34-21/h2-4,8-9,19-22H,5-7,10-16,29H2,1H3,(H,33,40)(H,34,39)(H,35,41)(H,36,43)(H,37,42)(H4,30,31,32)/t19-,20-,21-,22+/m0/s1. The average Bonchev–Trinajstić information content (AvgIpc) is 2.95. The number of aliphatic imine (C=N–C) groups is 1. The number of ketones is 1. The van der Waals surface area contributed by atoms with Gasteiger partial charge < -0.3 is 43.8 Å². The summed E-state index contributed by atoms with van der Waals surface area (Å²) in [5.74, 6) is -3.93. The molecule has 4 atom stereocenters. The van der Waals surface area contributed by atoms with Crippen molar-refractivity contribution in [3.05, 3.63) is 35.9 Å². The highest BCUT2D eigenvalue weighted by molar-refractivity contribution is 5.98. The van der Waals surface area contributed by atoms with E-state index in [9.17, 15) is 28.8 Å². The van der Waals surface area contributed by atoms with Crippen molar-refractivity contribution in [2.75, 3.05) is 19.6 Å². The summed E-state index contributed by atoms with van der Waals surface area (Å²) in [5, 5.41) is 12.9. The number of hydrogen-bond donors (Lipinski definition) is 8. The number of carbonyl (C=O) groups is 6. The minimum absolute atomic E-state index is 0.0732. The summed E-state index contributed by atoms with van der Waals surface area (Å²) in [6.45, 7) is 1.32. The SMILES string of the molecule is CC(=O)C[C@@H]1NC(=O)CNC(=O)[C@H](CCCN=C(N)N)NC(=O)[C@H](CCCCN)NC(=O)[C@@H](Cc2ccccc2)NC1=O. The number of nitrogens with zero attached hydrogens (tertiary/aromatic N) is 1. The van der Waals surface area contributed by atoms with Crippen LogP contribution in [0.1, 0.15) is 51.0 Å². The van der Waals surface area contributed by atoms with Crippen LogP contribution in [0.15, 0.2) is 35.3 Å². The molecule has 1 aliphatic heterocycles. The highest BCUT2D eigenvalue weighted by Crippen LogP contribution is 2.09. The van der Waals surface area contributed by atoms with Gasteiger partial charge >= 0.3 is 0 Å². The number of rotatable bonds is 12. The van der Waals surface area contributed by atoms with Gasteiger partial charge in [-0.05, 0) is 51.1 Å². The number of unbranched alkanes of at least 4 members (excludes halogenated alkanes) is 1. The molecule has 0 bridgehead atoms. The molecule has 1 heterocycles. The van der Waals surface area contributed by atoms with Crippen molar-refractivity contribution >= 4 is 41.3 Å². The Morgan fingerprint density at radius 2 is 1.37 bits per heavy atom. The zero-order chi connectivity index (χ0) is 31.8. The van der Waals surface area contributed by atoms with E-state index in [1.165, 1.54) is 6.92 Å². The maximum Gasteiger partial charge on any atom is 0.243 e. The fraction of sp³-hybridized carbons (Fsp3) is 0.536. The molecule has 43 heavy (non-hydrogen) atoms. The van der Waals surface area contributed by atoms with E-state index in [0.29, 0.717) is 25.8 Å². The lowest BCUT2D eigenvalue weighted by atomic mass is 10.0. The van der Waals surface area contributed by atoms with Crippen molar-refractivity contribution in [3.8, 4) is 0 Å². The lowest BCUT2D eigenvalue weighted by molar-refractivity contribution is -0.134. The summed E-state index contributed by atoms with van der Waals surface area (Å²) in [7, 11) is 0. The maximum absolute atomic E-state index is 13.6. The maximum atomic E-state index is 13.6. The van der Waals surface area contributed by atoms with Crippen molar-refractivity contribution in [2.24, 2.45) is 22.2 Å². The van der Waals surface area contributed by atoms with E-state index in [-0.39, 0.29) is 44.0 Å². The van der Waals surface area contributed by atoms with Crippen LogP contribution in [0.25, 0.3) is 0 Å². The lowest BCUT2D eigenvalue weighted by Gasteiger charge is -2.26. The van der Waals surface area contributed by atoms with Gasteiger partial charge in [0.15, 0.2) is 5.96 Å². The Hall–Kier alpha value is -4.53. The summed E-state index contributed by atoms with van der Waals surface area (Å²) in [4.78, 5) is 81.9. The zero-order valence-electron chi connectivity index (χ0n) is 24.4. The Balaban J connectivity index is 2.44. The summed E-state index contributed by atoms with van der Waals surface area (Å²) in [6, 6.07) is 4.33. The first-order valence-corrected chi connectivity index (χ1v) is 14.3. The molecule has 1 saturated heterocycles. The highest BCUT2D eigenvalue weighted by Gasteiger charge is 2.32. The number of guanidine groups is 1. The van der Waals surface area contributed by atoms with Crippen LogP contribution in [-0.4, -0.2) is 85.1 Å². The third kappa shape index (κ3) is 12.9. The number of Topliss-reactive ketones (excluding diaryl/α,β-unsaturated/α-hetero) is 1. The van der Waals surface area contributed by atoms with Crippen molar-refractivity contribution in [1.82, 2.24) is 26.6 Å². The third-order valence-electron chi connectivity index (χ3n) is 6.64. The molecule has 5 amide bonds. The number of amides is 5. The molecule has 0 saturated carbocycles. The van der Waals surface area contributed by atoms with E-state index in [1.54, 1.807) is 30.3 Å². The van der Waals surface area contributed by atoms with Gasteiger partial charge in [-0.3, -0.25) is 33.8 Å². The molecule has 0 unspecified atom stereocenters. The normalized spacial score (nSPS) is 22.0. The van der Waals surface area contributed by atoms with Gasteiger partial charge in [0.2, 0.25) is 29.5 Å². The molecule has 2 rings (SSSR count). The first-order chi connectivity index (χ1) is 20.5. The molecule has 1 aliphatic rings. The van der Waals surface area contributed by atoms with Crippen molar-refractivity contribution in [2.45, 2.75) is 76.0 Å². The van der Waals surface area contributed by atoms with E-state index in [2.05, 4.69) is 31.6 Å². The van der Waals surface area contributed by atoms with Gasteiger partial charge in [0.05, 0.1) is 6.54 Å². The molecule has 0 aromatic heterocycles. The Bertz CT molecular complexity index is 1160. The van der Waals surface area contributed by atoms with E-state index < -0.39 is 60.2 Å². The van der Waals surface area contributed by atoms with Crippen LogP contribution >= 0.6 is 0 Å². The van der Waals surface area contributed by atoms with Crippen LogP contribution in [0, 0.1) is 0 Å². The van der Waals surface area contributed by atoms with Crippen LogP contribution in [0.4, 0.5) is 0 Å². The Morgan fingerprint density at radius 1 is 0.791 bits per heavy atom. The van der Waals surface area contributed by atoms with Crippen LogP contribution in [0.5, 0.6) is 0 Å². The fourth-order valence-electron chi connectivity index (χ4n) is 4.44.